The molecule has 0 saturated heterocycles. The lowest BCUT2D eigenvalue weighted by Crippen LogP contribution is -2.47. The van der Waals surface area contributed by atoms with Crippen LogP contribution in [0.1, 0.15) is 40.0 Å². The Morgan fingerprint density at radius 1 is 1.39 bits per heavy atom. The first-order chi connectivity index (χ1) is 8.23. The maximum absolute atomic E-state index is 9.62. The number of aliphatic hydroxyl groups is 1. The van der Waals surface area contributed by atoms with Crippen molar-refractivity contribution >= 4 is 8.32 Å². The van der Waals surface area contributed by atoms with Gasteiger partial charge >= 0.3 is 0 Å². The molecule has 0 aliphatic heterocycles. The molecule has 0 heterocycles. The number of rotatable bonds is 4. The molecule has 0 aromatic heterocycles. The highest BCUT2D eigenvalue weighted by molar-refractivity contribution is 6.74. The van der Waals surface area contributed by atoms with E-state index in [-0.39, 0.29) is 29.6 Å². The van der Waals surface area contributed by atoms with Crippen LogP contribution in [0.2, 0.25) is 18.1 Å². The molecule has 1 aliphatic carbocycles. The van der Waals surface area contributed by atoms with Gasteiger partial charge in [0.25, 0.3) is 0 Å². The molecule has 4 heteroatoms. The monoisotopic (exact) mass is 269 g/mol. The van der Waals surface area contributed by atoms with Gasteiger partial charge in [-0.05, 0) is 31.0 Å². The van der Waals surface area contributed by atoms with Crippen molar-refractivity contribution in [2.75, 3.05) is 6.61 Å². The van der Waals surface area contributed by atoms with Crippen LogP contribution in [0.4, 0.5) is 0 Å². The quantitative estimate of drug-likeness (QED) is 0.797. The van der Waals surface area contributed by atoms with E-state index < -0.39 is 8.32 Å². The van der Waals surface area contributed by atoms with Crippen molar-refractivity contribution in [3.8, 4) is 6.07 Å². The lowest BCUT2D eigenvalue weighted by Gasteiger charge is -2.40. The Morgan fingerprint density at radius 2 is 2.00 bits per heavy atom. The van der Waals surface area contributed by atoms with Gasteiger partial charge in [-0.25, -0.2) is 0 Å². The van der Waals surface area contributed by atoms with Crippen LogP contribution < -0.4 is 0 Å². The molecule has 18 heavy (non-hydrogen) atoms. The second-order valence-electron chi connectivity index (χ2n) is 6.93. The molecule has 1 N–H and O–H groups in total. The Kier molecular flexibility index (Phi) is 4.99. The zero-order chi connectivity index (χ0) is 14.0. The Balaban J connectivity index is 2.77. The van der Waals surface area contributed by atoms with E-state index in [2.05, 4.69) is 39.9 Å². The Labute approximate surface area is 112 Å². The van der Waals surface area contributed by atoms with Gasteiger partial charge in [0.05, 0.1) is 24.7 Å². The largest absolute Gasteiger partial charge is 0.411 e. The molecule has 3 nitrogen and oxygen atoms in total. The van der Waals surface area contributed by atoms with Gasteiger partial charge in [-0.3, -0.25) is 0 Å². The average Bonchev–Trinajstić information content (AvgIpc) is 2.72. The third-order valence-electron chi connectivity index (χ3n) is 4.64. The topological polar surface area (TPSA) is 53.2 Å². The third-order valence-corrected chi connectivity index (χ3v) is 9.15. The molecule has 1 aliphatic rings. The Bertz CT molecular complexity index is 317. The molecule has 0 amide bonds. The molecular formula is C14H27NO2Si. The molecular weight excluding hydrogens is 242 g/mol. The molecule has 3 atom stereocenters. The zero-order valence-electron chi connectivity index (χ0n) is 12.4. The average molecular weight is 269 g/mol. The molecule has 0 radical (unpaired) electrons. The number of hydrogen-bond acceptors (Lipinski definition) is 3. The van der Waals surface area contributed by atoms with E-state index in [0.717, 1.165) is 19.3 Å². The summed E-state index contributed by atoms with van der Waals surface area (Å²) in [6.45, 7) is 11.0. The third kappa shape index (κ3) is 3.34. The minimum atomic E-state index is -1.87. The Hall–Kier alpha value is -0.373. The van der Waals surface area contributed by atoms with Crippen molar-refractivity contribution in [1.29, 1.82) is 5.26 Å². The van der Waals surface area contributed by atoms with Crippen molar-refractivity contribution in [2.45, 2.75) is 64.3 Å². The summed E-state index contributed by atoms with van der Waals surface area (Å²) < 4.78 is 6.31. The van der Waals surface area contributed by atoms with Crippen LogP contribution in [-0.2, 0) is 4.43 Å². The van der Waals surface area contributed by atoms with Gasteiger partial charge < -0.3 is 9.53 Å². The van der Waals surface area contributed by atoms with Gasteiger partial charge in [0.1, 0.15) is 0 Å². The molecule has 104 valence electrons. The summed E-state index contributed by atoms with van der Waals surface area (Å²) in [5.41, 5.74) is 0. The minimum absolute atomic E-state index is 0.0371. The molecule has 0 bridgehead atoms. The summed E-state index contributed by atoms with van der Waals surface area (Å²) >= 11 is 0. The first-order valence-corrected chi connectivity index (χ1v) is 9.82. The van der Waals surface area contributed by atoms with E-state index in [1.807, 2.05) is 0 Å². The molecule has 0 aromatic rings. The van der Waals surface area contributed by atoms with E-state index >= 15 is 0 Å². The molecule has 0 aromatic carbocycles. The van der Waals surface area contributed by atoms with Crippen LogP contribution >= 0.6 is 0 Å². The van der Waals surface area contributed by atoms with Crippen molar-refractivity contribution in [2.24, 2.45) is 11.8 Å². The first-order valence-electron chi connectivity index (χ1n) is 6.91. The first kappa shape index (κ1) is 15.7. The molecule has 1 saturated carbocycles. The van der Waals surface area contributed by atoms with Gasteiger partial charge in [0.15, 0.2) is 8.32 Å². The highest BCUT2D eigenvalue weighted by Gasteiger charge is 2.43. The summed E-state index contributed by atoms with van der Waals surface area (Å²) in [7, 11) is -1.87. The van der Waals surface area contributed by atoms with Crippen LogP contribution in [0.25, 0.3) is 0 Å². The number of nitrogens with zero attached hydrogens (tertiary/aromatic N) is 1. The Morgan fingerprint density at radius 3 is 2.44 bits per heavy atom. The summed E-state index contributed by atoms with van der Waals surface area (Å²) in [5.74, 6) is 0.279. The van der Waals surface area contributed by atoms with Crippen LogP contribution in [0.5, 0.6) is 0 Å². The summed E-state index contributed by atoms with van der Waals surface area (Å²) in [6, 6.07) is 2.38. The smallest absolute Gasteiger partial charge is 0.192 e. The normalized spacial score (nSPS) is 26.9. The van der Waals surface area contributed by atoms with Crippen LogP contribution in [0.15, 0.2) is 0 Å². The highest BCUT2D eigenvalue weighted by atomic mass is 28.4. The fraction of sp³-hybridized carbons (Fsp3) is 0.929. The summed E-state index contributed by atoms with van der Waals surface area (Å²) in [6.07, 6.45) is 2.90. The van der Waals surface area contributed by atoms with Gasteiger partial charge in [-0.1, -0.05) is 27.2 Å². The minimum Gasteiger partial charge on any atom is -0.411 e. The number of aliphatic hydroxyl groups excluding tert-OH is 1. The predicted octanol–water partition coefficient (Wildman–Crippen LogP) is 3.31. The fourth-order valence-corrected chi connectivity index (χ4v) is 3.77. The van der Waals surface area contributed by atoms with Gasteiger partial charge in [-0.2, -0.15) is 5.26 Å². The summed E-state index contributed by atoms with van der Waals surface area (Å²) in [5, 5.41) is 18.9. The molecule has 1 rings (SSSR count). The van der Waals surface area contributed by atoms with Crippen molar-refractivity contribution in [3.63, 3.8) is 0 Å². The van der Waals surface area contributed by atoms with Crippen molar-refractivity contribution in [1.82, 2.24) is 0 Å². The van der Waals surface area contributed by atoms with Gasteiger partial charge in [0.2, 0.25) is 0 Å². The van der Waals surface area contributed by atoms with E-state index in [4.69, 9.17) is 9.69 Å². The van der Waals surface area contributed by atoms with Gasteiger partial charge in [-0.15, -0.1) is 0 Å². The lowest BCUT2D eigenvalue weighted by molar-refractivity contribution is 0.0489. The lowest BCUT2D eigenvalue weighted by atomic mass is 9.92. The van der Waals surface area contributed by atoms with Crippen molar-refractivity contribution in [3.05, 3.63) is 0 Å². The zero-order valence-corrected chi connectivity index (χ0v) is 13.4. The highest BCUT2D eigenvalue weighted by Crippen LogP contribution is 2.41. The standard InChI is InChI=1S/C14H27NO2Si/c1-14(2,3)18(4,5)17-13(10-16)12-8-6-7-11(12)9-15/h11-13,16H,6-8,10H2,1-5H3/t11-,12+,13-/m0/s1. The second kappa shape index (κ2) is 5.73. The van der Waals surface area contributed by atoms with E-state index in [0.29, 0.717) is 0 Å². The van der Waals surface area contributed by atoms with Crippen LogP contribution in [-0.4, -0.2) is 26.1 Å². The summed E-state index contributed by atoms with van der Waals surface area (Å²) in [4.78, 5) is 0. The van der Waals surface area contributed by atoms with Crippen molar-refractivity contribution < 1.29 is 9.53 Å². The van der Waals surface area contributed by atoms with E-state index in [9.17, 15) is 5.11 Å². The fourth-order valence-electron chi connectivity index (χ4n) is 2.41. The van der Waals surface area contributed by atoms with E-state index in [1.54, 1.807) is 0 Å². The maximum Gasteiger partial charge on any atom is 0.192 e. The predicted molar refractivity (Wildman–Crippen MR) is 75.6 cm³/mol. The maximum atomic E-state index is 9.62. The number of hydrogen-bond donors (Lipinski definition) is 1. The second-order valence-corrected chi connectivity index (χ2v) is 11.7. The SMILES string of the molecule is CC(C)(C)[Si](C)(C)O[C@@H](CO)[C@@H]1CCC[C@H]1C#N. The van der Waals surface area contributed by atoms with Crippen LogP contribution in [0.3, 0.4) is 0 Å². The van der Waals surface area contributed by atoms with Gasteiger partial charge in [0, 0.05) is 5.92 Å². The molecule has 0 spiro atoms. The molecule has 0 unspecified atom stereocenters. The van der Waals surface area contributed by atoms with Crippen LogP contribution in [0, 0.1) is 23.2 Å². The molecule has 1 fully saturated rings. The van der Waals surface area contributed by atoms with E-state index in [1.165, 1.54) is 0 Å². The number of nitriles is 1.